The molecule has 0 radical (unpaired) electrons. The second-order valence-electron chi connectivity index (χ2n) is 4.74. The van der Waals surface area contributed by atoms with Gasteiger partial charge in [-0.15, -0.1) is 0 Å². The number of carbonyl (C=O) groups is 1. The van der Waals surface area contributed by atoms with Crippen molar-refractivity contribution in [2.75, 3.05) is 11.9 Å². The minimum atomic E-state index is -0.608. The predicted molar refractivity (Wildman–Crippen MR) is 73.7 cm³/mol. The van der Waals surface area contributed by atoms with Gasteiger partial charge >= 0.3 is 0 Å². The highest BCUT2D eigenvalue weighted by Crippen LogP contribution is 2.31. The van der Waals surface area contributed by atoms with Crippen molar-refractivity contribution >= 4 is 17.3 Å². The highest BCUT2D eigenvalue weighted by Gasteiger charge is 2.31. The number of nitrogens with one attached hydrogen (secondary N) is 1. The van der Waals surface area contributed by atoms with Gasteiger partial charge in [-0.2, -0.15) is 0 Å². The summed E-state index contributed by atoms with van der Waals surface area (Å²) in [6, 6.07) is 4.19. The Morgan fingerprint density at radius 2 is 2.25 bits per heavy atom. The van der Waals surface area contributed by atoms with E-state index in [0.29, 0.717) is 12.3 Å². The Morgan fingerprint density at radius 3 is 2.80 bits per heavy atom. The Kier molecular flexibility index (Phi) is 4.19. The van der Waals surface area contributed by atoms with Crippen LogP contribution in [0.15, 0.2) is 18.2 Å². The van der Waals surface area contributed by atoms with E-state index in [2.05, 4.69) is 5.32 Å². The van der Waals surface area contributed by atoms with Crippen LogP contribution in [0, 0.1) is 10.1 Å². The van der Waals surface area contributed by atoms with Gasteiger partial charge in [-0.1, -0.05) is 0 Å². The number of anilines is 1. The van der Waals surface area contributed by atoms with Gasteiger partial charge in [0.15, 0.2) is 0 Å². The van der Waals surface area contributed by atoms with E-state index in [1.807, 2.05) is 6.92 Å². The molecule has 1 aromatic rings. The first-order valence-electron chi connectivity index (χ1n) is 6.47. The van der Waals surface area contributed by atoms with Crippen molar-refractivity contribution < 1.29 is 14.5 Å². The van der Waals surface area contributed by atoms with E-state index in [1.54, 1.807) is 0 Å². The Balaban J connectivity index is 2.11. The van der Waals surface area contributed by atoms with Crippen molar-refractivity contribution in [3.05, 3.63) is 33.9 Å². The summed E-state index contributed by atoms with van der Waals surface area (Å²) in [5.74, 6) is -0.608. The monoisotopic (exact) mass is 279 g/mol. The number of nitrogens with zero attached hydrogens (tertiary/aromatic N) is 1. The molecule has 7 heteroatoms. The van der Waals surface area contributed by atoms with E-state index in [0.717, 1.165) is 12.8 Å². The van der Waals surface area contributed by atoms with Crippen molar-refractivity contribution in [3.63, 3.8) is 0 Å². The highest BCUT2D eigenvalue weighted by atomic mass is 16.6. The van der Waals surface area contributed by atoms with Gasteiger partial charge < -0.3 is 15.8 Å². The number of ether oxygens (including phenoxy) is 1. The van der Waals surface area contributed by atoms with Crippen molar-refractivity contribution in [1.82, 2.24) is 0 Å². The predicted octanol–water partition coefficient (Wildman–Crippen LogP) is 1.67. The number of amides is 1. The minimum Gasteiger partial charge on any atom is -0.378 e. The molecule has 0 saturated heterocycles. The zero-order chi connectivity index (χ0) is 14.7. The van der Waals surface area contributed by atoms with Crippen molar-refractivity contribution in [2.45, 2.75) is 31.9 Å². The van der Waals surface area contributed by atoms with E-state index in [9.17, 15) is 14.9 Å². The third kappa shape index (κ3) is 3.05. The first-order chi connectivity index (χ1) is 9.51. The molecule has 20 heavy (non-hydrogen) atoms. The number of carbonyl (C=O) groups excluding carboxylic acids is 1. The van der Waals surface area contributed by atoms with Gasteiger partial charge in [0, 0.05) is 24.3 Å². The van der Waals surface area contributed by atoms with Gasteiger partial charge in [0.05, 0.1) is 11.0 Å². The minimum absolute atomic E-state index is 0.0603. The number of hydrogen-bond acceptors (Lipinski definition) is 5. The zero-order valence-electron chi connectivity index (χ0n) is 11.2. The maximum Gasteiger partial charge on any atom is 0.292 e. The van der Waals surface area contributed by atoms with Crippen LogP contribution in [0.25, 0.3) is 0 Å². The number of nitro benzene ring substituents is 1. The zero-order valence-corrected chi connectivity index (χ0v) is 11.2. The lowest BCUT2D eigenvalue weighted by Crippen LogP contribution is -2.41. The number of nitro groups is 1. The molecule has 1 amide bonds. The topological polar surface area (TPSA) is 107 Å². The van der Waals surface area contributed by atoms with Crippen molar-refractivity contribution in [2.24, 2.45) is 5.73 Å². The molecule has 0 aliphatic heterocycles. The first-order valence-corrected chi connectivity index (χ1v) is 6.47. The van der Waals surface area contributed by atoms with Gasteiger partial charge in [0.2, 0.25) is 5.91 Å². The molecule has 3 N–H and O–H groups in total. The van der Waals surface area contributed by atoms with Gasteiger partial charge in [0.1, 0.15) is 5.69 Å². The number of benzene rings is 1. The molecule has 7 nitrogen and oxygen atoms in total. The van der Waals surface area contributed by atoms with Crippen molar-refractivity contribution in [1.29, 1.82) is 0 Å². The van der Waals surface area contributed by atoms with Gasteiger partial charge in [-0.3, -0.25) is 14.9 Å². The summed E-state index contributed by atoms with van der Waals surface area (Å²) >= 11 is 0. The highest BCUT2D eigenvalue weighted by molar-refractivity contribution is 5.94. The van der Waals surface area contributed by atoms with Gasteiger partial charge in [-0.05, 0) is 31.9 Å². The number of rotatable bonds is 6. The summed E-state index contributed by atoms with van der Waals surface area (Å²) in [6.07, 6.45) is 1.80. The molecule has 0 heterocycles. The van der Waals surface area contributed by atoms with Crippen LogP contribution < -0.4 is 11.1 Å². The summed E-state index contributed by atoms with van der Waals surface area (Å²) in [5.41, 5.74) is 5.70. The maximum atomic E-state index is 11.1. The first kappa shape index (κ1) is 14.3. The maximum absolute atomic E-state index is 11.1. The second-order valence-corrected chi connectivity index (χ2v) is 4.74. The Labute approximate surface area is 116 Å². The molecule has 108 valence electrons. The molecule has 0 aromatic heterocycles. The van der Waals surface area contributed by atoms with Crippen LogP contribution in [0.2, 0.25) is 0 Å². The summed E-state index contributed by atoms with van der Waals surface area (Å²) in [6.45, 7) is 2.59. The number of hydrogen-bond donors (Lipinski definition) is 2. The van der Waals surface area contributed by atoms with Crippen LogP contribution in [0.3, 0.4) is 0 Å². The Morgan fingerprint density at radius 1 is 1.55 bits per heavy atom. The lowest BCUT2D eigenvalue weighted by atomic mass is 9.89. The lowest BCUT2D eigenvalue weighted by Gasteiger charge is -2.35. The average Bonchev–Trinajstić information content (AvgIpc) is 2.35. The SMILES string of the molecule is CCOC1CC(Nc2cc(C(N)=O)ccc2[N+](=O)[O-])C1. The molecule has 1 fully saturated rings. The van der Waals surface area contributed by atoms with E-state index >= 15 is 0 Å². The second kappa shape index (κ2) is 5.87. The molecule has 1 saturated carbocycles. The van der Waals surface area contributed by atoms with Crippen LogP contribution in [-0.4, -0.2) is 29.6 Å². The average molecular weight is 279 g/mol. The standard InChI is InChI=1S/C13H17N3O4/c1-2-20-10-6-9(7-10)15-11-5-8(13(14)17)3-4-12(11)16(18)19/h3-5,9-10,15H,2,6-7H2,1H3,(H2,14,17). The molecule has 0 spiro atoms. The third-order valence-electron chi connectivity index (χ3n) is 3.33. The lowest BCUT2D eigenvalue weighted by molar-refractivity contribution is -0.384. The van der Waals surface area contributed by atoms with Crippen LogP contribution in [0.5, 0.6) is 0 Å². The van der Waals surface area contributed by atoms with Crippen molar-refractivity contribution in [3.8, 4) is 0 Å². The fourth-order valence-electron chi connectivity index (χ4n) is 2.24. The molecule has 1 aliphatic rings. The molecule has 0 atom stereocenters. The molecule has 1 aromatic carbocycles. The normalized spacial score (nSPS) is 21.1. The van der Waals surface area contributed by atoms with E-state index < -0.39 is 10.8 Å². The van der Waals surface area contributed by atoms with E-state index in [1.165, 1.54) is 18.2 Å². The molecule has 1 aliphatic carbocycles. The largest absolute Gasteiger partial charge is 0.378 e. The van der Waals surface area contributed by atoms with Gasteiger partial charge in [-0.25, -0.2) is 0 Å². The summed E-state index contributed by atoms with van der Waals surface area (Å²) < 4.78 is 5.44. The van der Waals surface area contributed by atoms with Crippen LogP contribution in [0.1, 0.15) is 30.1 Å². The number of nitrogens with two attached hydrogens (primary N) is 1. The van der Waals surface area contributed by atoms with E-state index in [4.69, 9.17) is 10.5 Å². The molecule has 0 unspecified atom stereocenters. The summed E-state index contributed by atoms with van der Waals surface area (Å²) in [5, 5.41) is 14.1. The molecular weight excluding hydrogens is 262 g/mol. The summed E-state index contributed by atoms with van der Waals surface area (Å²) in [7, 11) is 0. The van der Waals surface area contributed by atoms with Crippen LogP contribution >= 0.6 is 0 Å². The summed E-state index contributed by atoms with van der Waals surface area (Å²) in [4.78, 5) is 21.6. The third-order valence-corrected chi connectivity index (χ3v) is 3.33. The van der Waals surface area contributed by atoms with Crippen LogP contribution in [-0.2, 0) is 4.74 Å². The van der Waals surface area contributed by atoms with E-state index in [-0.39, 0.29) is 23.4 Å². The Hall–Kier alpha value is -2.15. The Bertz CT molecular complexity index is 526. The molecular formula is C13H17N3O4. The molecule has 2 rings (SSSR count). The molecule has 0 bridgehead atoms. The fourth-order valence-corrected chi connectivity index (χ4v) is 2.24. The fraction of sp³-hybridized carbons (Fsp3) is 0.462. The van der Waals surface area contributed by atoms with Crippen LogP contribution in [0.4, 0.5) is 11.4 Å². The number of primary amides is 1. The van der Waals surface area contributed by atoms with Gasteiger partial charge in [0.25, 0.3) is 5.69 Å². The smallest absolute Gasteiger partial charge is 0.292 e. The quantitative estimate of drug-likeness (QED) is 0.608.